The van der Waals surface area contributed by atoms with Crippen LogP contribution in [0.1, 0.15) is 12.8 Å². The molecule has 7 heteroatoms. The van der Waals surface area contributed by atoms with Crippen molar-refractivity contribution < 1.29 is 17.5 Å². The molecule has 1 N–H and O–H groups in total. The summed E-state index contributed by atoms with van der Waals surface area (Å²) in [6.45, 7) is 0. The molecule has 1 aromatic rings. The van der Waals surface area contributed by atoms with Crippen molar-refractivity contribution in [1.82, 2.24) is 4.98 Å². The zero-order valence-electron chi connectivity index (χ0n) is 8.60. The summed E-state index contributed by atoms with van der Waals surface area (Å²) in [5.74, 6) is -0.497. The van der Waals surface area contributed by atoms with Crippen molar-refractivity contribution in [3.8, 4) is 5.75 Å². The van der Waals surface area contributed by atoms with Crippen LogP contribution in [0.2, 0.25) is 0 Å². The highest BCUT2D eigenvalue weighted by atomic mass is 32.2. The van der Waals surface area contributed by atoms with Gasteiger partial charge in [-0.05, 0) is 12.8 Å². The Morgan fingerprint density at radius 1 is 1.56 bits per heavy atom. The minimum absolute atomic E-state index is 0.0851. The molecule has 1 heterocycles. The molecule has 0 saturated heterocycles. The molecule has 0 bridgehead atoms. The molecule has 0 unspecified atom stereocenters. The number of ether oxygens (including phenoxy) is 1. The molecule has 0 spiro atoms. The standard InChI is InChI=1S/C9H11FN2O3S/c1-16(13,14)12-7-4-9(10)11-5-8(7)15-6-2-3-6/h4-6H,2-3H2,1H3,(H,11,12). The third-order valence-electron chi connectivity index (χ3n) is 1.95. The van der Waals surface area contributed by atoms with Crippen LogP contribution in [0.5, 0.6) is 5.75 Å². The molecule has 5 nitrogen and oxygen atoms in total. The van der Waals surface area contributed by atoms with E-state index < -0.39 is 16.0 Å². The number of rotatable bonds is 4. The van der Waals surface area contributed by atoms with Crippen molar-refractivity contribution in [3.05, 3.63) is 18.2 Å². The molecule has 2 rings (SSSR count). The molecule has 0 aromatic carbocycles. The number of sulfonamides is 1. The van der Waals surface area contributed by atoms with E-state index in [4.69, 9.17) is 4.74 Å². The maximum absolute atomic E-state index is 12.9. The number of aromatic nitrogens is 1. The fraction of sp³-hybridized carbons (Fsp3) is 0.444. The second-order valence-corrected chi connectivity index (χ2v) is 5.44. The normalized spacial score (nSPS) is 15.9. The second kappa shape index (κ2) is 3.89. The average molecular weight is 246 g/mol. The topological polar surface area (TPSA) is 68.3 Å². The highest BCUT2D eigenvalue weighted by Gasteiger charge is 2.25. The van der Waals surface area contributed by atoms with Crippen LogP contribution in [0, 0.1) is 5.95 Å². The third kappa shape index (κ3) is 3.06. The Kier molecular flexibility index (Phi) is 2.71. The van der Waals surface area contributed by atoms with Gasteiger partial charge in [-0.3, -0.25) is 4.72 Å². The van der Waals surface area contributed by atoms with E-state index >= 15 is 0 Å². The van der Waals surface area contributed by atoms with Gasteiger partial charge in [0.05, 0.1) is 24.2 Å². The van der Waals surface area contributed by atoms with Crippen molar-refractivity contribution in [3.63, 3.8) is 0 Å². The van der Waals surface area contributed by atoms with Crippen LogP contribution in [-0.2, 0) is 10.0 Å². The van der Waals surface area contributed by atoms with Gasteiger partial charge in [0, 0.05) is 6.07 Å². The van der Waals surface area contributed by atoms with Gasteiger partial charge in [-0.2, -0.15) is 4.39 Å². The first kappa shape index (κ1) is 11.1. The Morgan fingerprint density at radius 2 is 2.25 bits per heavy atom. The summed E-state index contributed by atoms with van der Waals surface area (Å²) in [5, 5.41) is 0. The van der Waals surface area contributed by atoms with E-state index in [-0.39, 0.29) is 17.5 Å². The van der Waals surface area contributed by atoms with Crippen LogP contribution < -0.4 is 9.46 Å². The molecule has 88 valence electrons. The summed E-state index contributed by atoms with van der Waals surface area (Å²) < 4.78 is 42.6. The van der Waals surface area contributed by atoms with Gasteiger partial charge in [-0.15, -0.1) is 0 Å². The van der Waals surface area contributed by atoms with Crippen molar-refractivity contribution >= 4 is 15.7 Å². The van der Waals surface area contributed by atoms with Crippen molar-refractivity contribution in [2.75, 3.05) is 11.0 Å². The molecule has 0 aliphatic heterocycles. The number of nitrogens with zero attached hydrogens (tertiary/aromatic N) is 1. The fourth-order valence-corrected chi connectivity index (χ4v) is 1.72. The maximum Gasteiger partial charge on any atom is 0.229 e. The lowest BCUT2D eigenvalue weighted by Crippen LogP contribution is -2.12. The zero-order valence-corrected chi connectivity index (χ0v) is 9.42. The number of hydrogen-bond acceptors (Lipinski definition) is 4. The summed E-state index contributed by atoms with van der Waals surface area (Å²) >= 11 is 0. The first-order chi connectivity index (χ1) is 7.44. The molecule has 1 aromatic heterocycles. The molecule has 16 heavy (non-hydrogen) atoms. The summed E-state index contributed by atoms with van der Waals surface area (Å²) in [7, 11) is -3.46. The molecule has 0 radical (unpaired) electrons. The van der Waals surface area contributed by atoms with Gasteiger partial charge in [0.25, 0.3) is 0 Å². The Bertz CT molecular complexity index is 499. The first-order valence-electron chi connectivity index (χ1n) is 4.74. The van der Waals surface area contributed by atoms with Gasteiger partial charge in [0.1, 0.15) is 0 Å². The van der Waals surface area contributed by atoms with Crippen molar-refractivity contribution in [2.45, 2.75) is 18.9 Å². The van der Waals surface area contributed by atoms with E-state index in [2.05, 4.69) is 9.71 Å². The van der Waals surface area contributed by atoms with Crippen molar-refractivity contribution in [1.29, 1.82) is 0 Å². The lowest BCUT2D eigenvalue weighted by atomic mass is 10.4. The van der Waals surface area contributed by atoms with E-state index in [1.165, 1.54) is 6.20 Å². The molecular weight excluding hydrogens is 235 g/mol. The minimum Gasteiger partial charge on any atom is -0.487 e. The highest BCUT2D eigenvalue weighted by molar-refractivity contribution is 7.92. The van der Waals surface area contributed by atoms with Crippen LogP contribution in [0.3, 0.4) is 0 Å². The molecule has 1 aliphatic carbocycles. The SMILES string of the molecule is CS(=O)(=O)Nc1cc(F)ncc1OC1CC1. The van der Waals surface area contributed by atoms with Gasteiger partial charge in [0.15, 0.2) is 5.75 Å². The van der Waals surface area contributed by atoms with Gasteiger partial charge in [-0.1, -0.05) is 0 Å². The van der Waals surface area contributed by atoms with Crippen LogP contribution >= 0.6 is 0 Å². The van der Waals surface area contributed by atoms with Gasteiger partial charge >= 0.3 is 0 Å². The molecule has 0 atom stereocenters. The van der Waals surface area contributed by atoms with Crippen LogP contribution in [0.15, 0.2) is 12.3 Å². The molecule has 0 amide bonds. The molecule has 1 saturated carbocycles. The minimum atomic E-state index is -3.46. The monoisotopic (exact) mass is 246 g/mol. The van der Waals surface area contributed by atoms with Gasteiger partial charge < -0.3 is 4.74 Å². The van der Waals surface area contributed by atoms with Crippen LogP contribution in [0.4, 0.5) is 10.1 Å². The Morgan fingerprint density at radius 3 is 2.81 bits per heavy atom. The van der Waals surface area contributed by atoms with E-state index in [1.54, 1.807) is 0 Å². The van der Waals surface area contributed by atoms with E-state index in [0.29, 0.717) is 0 Å². The Hall–Kier alpha value is -1.37. The Labute approximate surface area is 92.7 Å². The molecular formula is C9H11FN2O3S. The van der Waals surface area contributed by atoms with Gasteiger partial charge in [-0.25, -0.2) is 13.4 Å². The molecule has 1 aliphatic rings. The lowest BCUT2D eigenvalue weighted by molar-refractivity contribution is 0.302. The highest BCUT2D eigenvalue weighted by Crippen LogP contribution is 2.32. The maximum atomic E-state index is 12.9. The predicted molar refractivity (Wildman–Crippen MR) is 56.3 cm³/mol. The number of halogens is 1. The summed E-state index contributed by atoms with van der Waals surface area (Å²) in [5.41, 5.74) is 0.0851. The zero-order chi connectivity index (χ0) is 11.8. The van der Waals surface area contributed by atoms with E-state index in [0.717, 1.165) is 25.2 Å². The summed E-state index contributed by atoms with van der Waals surface area (Å²) in [6, 6.07) is 0.999. The number of hydrogen-bond donors (Lipinski definition) is 1. The van der Waals surface area contributed by atoms with E-state index in [1.807, 2.05) is 0 Å². The molecule has 1 fully saturated rings. The van der Waals surface area contributed by atoms with Crippen LogP contribution in [0.25, 0.3) is 0 Å². The number of nitrogens with one attached hydrogen (secondary N) is 1. The third-order valence-corrected chi connectivity index (χ3v) is 2.54. The Balaban J connectivity index is 2.27. The predicted octanol–water partition coefficient (Wildman–Crippen LogP) is 1.13. The summed E-state index contributed by atoms with van der Waals surface area (Å²) in [6.07, 6.45) is 4.12. The number of pyridine rings is 1. The number of anilines is 1. The quantitative estimate of drug-likeness (QED) is 0.809. The van der Waals surface area contributed by atoms with E-state index in [9.17, 15) is 12.8 Å². The smallest absolute Gasteiger partial charge is 0.229 e. The largest absolute Gasteiger partial charge is 0.487 e. The first-order valence-corrected chi connectivity index (χ1v) is 6.63. The lowest BCUT2D eigenvalue weighted by Gasteiger charge is -2.10. The van der Waals surface area contributed by atoms with Gasteiger partial charge in [0.2, 0.25) is 16.0 Å². The second-order valence-electron chi connectivity index (χ2n) is 3.69. The van der Waals surface area contributed by atoms with Crippen LogP contribution in [-0.4, -0.2) is 25.8 Å². The van der Waals surface area contributed by atoms with Crippen molar-refractivity contribution in [2.24, 2.45) is 0 Å². The average Bonchev–Trinajstić information content (AvgIpc) is 2.91. The fourth-order valence-electron chi connectivity index (χ4n) is 1.16. The summed E-state index contributed by atoms with van der Waals surface area (Å²) in [4.78, 5) is 3.42.